The van der Waals surface area contributed by atoms with Gasteiger partial charge in [-0.15, -0.1) is 0 Å². The number of hydrogen-bond donors (Lipinski definition) is 1. The molecule has 1 N–H and O–H groups in total. The van der Waals surface area contributed by atoms with Gasteiger partial charge in [0.05, 0.1) is 4.92 Å². The highest BCUT2D eigenvalue weighted by Crippen LogP contribution is 2.23. The van der Waals surface area contributed by atoms with E-state index in [-0.39, 0.29) is 17.1 Å². The van der Waals surface area contributed by atoms with Crippen molar-refractivity contribution in [1.82, 2.24) is 0 Å². The number of nitro groups is 1. The number of ether oxygens (including phenoxy) is 1. The molecule has 8 nitrogen and oxygen atoms in total. The van der Waals surface area contributed by atoms with Crippen LogP contribution in [0.2, 0.25) is 5.02 Å². The number of carbonyl (C=O) groups is 2. The summed E-state index contributed by atoms with van der Waals surface area (Å²) in [7, 11) is 0. The zero-order valence-corrected chi connectivity index (χ0v) is 13.9. The number of non-ortho nitro benzene ring substituents is 1. The molecule has 132 valence electrons. The zero-order valence-electron chi connectivity index (χ0n) is 13.1. The number of anilines is 1. The van der Waals surface area contributed by atoms with Crippen molar-refractivity contribution in [3.05, 3.63) is 69.4 Å². The second-order valence-electron chi connectivity index (χ2n) is 5.22. The highest BCUT2D eigenvalue weighted by atomic mass is 35.5. The summed E-state index contributed by atoms with van der Waals surface area (Å²) >= 11 is 5.86. The summed E-state index contributed by atoms with van der Waals surface area (Å²) in [5.74, 6) is -1.52. The summed E-state index contributed by atoms with van der Waals surface area (Å²) in [6.45, 7) is -0.570. The number of benzene rings is 2. The SMILES string of the molecule is O=C(COC(=O)c1cc2cc(Cl)ccc2o1)Nc1cccc([N+](=O)[O-])c1. The number of furan rings is 1. The van der Waals surface area contributed by atoms with Gasteiger partial charge in [0.15, 0.2) is 6.61 Å². The molecule has 0 aliphatic heterocycles. The molecule has 0 bridgehead atoms. The Morgan fingerprint density at radius 1 is 1.19 bits per heavy atom. The van der Waals surface area contributed by atoms with Crippen molar-refractivity contribution < 1.29 is 23.7 Å². The summed E-state index contributed by atoms with van der Waals surface area (Å²) in [5, 5.41) is 14.2. The van der Waals surface area contributed by atoms with Crippen molar-refractivity contribution in [2.45, 2.75) is 0 Å². The molecular weight excluding hydrogens is 364 g/mol. The predicted octanol–water partition coefficient (Wildman–Crippen LogP) is 3.79. The summed E-state index contributed by atoms with van der Waals surface area (Å²) in [4.78, 5) is 34.0. The van der Waals surface area contributed by atoms with E-state index in [1.54, 1.807) is 18.2 Å². The fourth-order valence-electron chi connectivity index (χ4n) is 2.21. The van der Waals surface area contributed by atoms with Gasteiger partial charge in [-0.3, -0.25) is 14.9 Å². The van der Waals surface area contributed by atoms with Gasteiger partial charge >= 0.3 is 5.97 Å². The van der Waals surface area contributed by atoms with E-state index in [2.05, 4.69) is 5.32 Å². The largest absolute Gasteiger partial charge is 0.450 e. The molecule has 0 aliphatic carbocycles. The normalized spacial score (nSPS) is 10.5. The first-order chi connectivity index (χ1) is 12.4. The number of carbonyl (C=O) groups excluding carboxylic acids is 2. The molecule has 0 atom stereocenters. The molecule has 1 amide bonds. The lowest BCUT2D eigenvalue weighted by Gasteiger charge is -2.05. The predicted molar refractivity (Wildman–Crippen MR) is 93.2 cm³/mol. The summed E-state index contributed by atoms with van der Waals surface area (Å²) in [6.07, 6.45) is 0. The first-order valence-corrected chi connectivity index (χ1v) is 7.71. The molecule has 3 rings (SSSR count). The minimum absolute atomic E-state index is 0.0644. The highest BCUT2D eigenvalue weighted by Gasteiger charge is 2.16. The van der Waals surface area contributed by atoms with E-state index in [0.29, 0.717) is 16.0 Å². The molecule has 26 heavy (non-hydrogen) atoms. The fraction of sp³-hybridized carbons (Fsp3) is 0.0588. The Balaban J connectivity index is 1.60. The van der Waals surface area contributed by atoms with Crippen LogP contribution in [0.4, 0.5) is 11.4 Å². The lowest BCUT2D eigenvalue weighted by molar-refractivity contribution is -0.384. The standard InChI is InChI=1S/C17H11ClN2O6/c18-11-4-5-14-10(6-11)7-15(26-14)17(22)25-9-16(21)19-12-2-1-3-13(8-12)20(23)24/h1-8H,9H2,(H,19,21). The van der Waals surface area contributed by atoms with Crippen LogP contribution in [-0.4, -0.2) is 23.4 Å². The average molecular weight is 375 g/mol. The third-order valence-electron chi connectivity index (χ3n) is 3.35. The van der Waals surface area contributed by atoms with Crippen molar-refractivity contribution in [1.29, 1.82) is 0 Å². The van der Waals surface area contributed by atoms with Crippen LogP contribution in [0.15, 0.2) is 52.9 Å². The average Bonchev–Trinajstić information content (AvgIpc) is 3.03. The quantitative estimate of drug-likeness (QED) is 0.413. The van der Waals surface area contributed by atoms with Crippen molar-refractivity contribution in [3.63, 3.8) is 0 Å². The maximum absolute atomic E-state index is 12.0. The molecule has 0 radical (unpaired) electrons. The molecule has 0 fully saturated rings. The summed E-state index contributed by atoms with van der Waals surface area (Å²) < 4.78 is 10.2. The molecule has 2 aromatic carbocycles. The first kappa shape index (κ1) is 17.4. The number of halogens is 1. The molecule has 0 unspecified atom stereocenters. The van der Waals surface area contributed by atoms with Crippen molar-refractivity contribution in [2.24, 2.45) is 0 Å². The Morgan fingerprint density at radius 2 is 2.00 bits per heavy atom. The number of hydrogen-bond acceptors (Lipinski definition) is 6. The molecular formula is C17H11ClN2O6. The second kappa shape index (κ2) is 7.24. The number of nitro benzene ring substituents is 1. The van der Waals surface area contributed by atoms with Crippen LogP contribution in [0.25, 0.3) is 11.0 Å². The van der Waals surface area contributed by atoms with Crippen LogP contribution >= 0.6 is 11.6 Å². The molecule has 1 aromatic heterocycles. The fourth-order valence-corrected chi connectivity index (χ4v) is 2.39. The van der Waals surface area contributed by atoms with Crippen molar-refractivity contribution in [3.8, 4) is 0 Å². The number of nitrogens with one attached hydrogen (secondary N) is 1. The first-order valence-electron chi connectivity index (χ1n) is 7.33. The van der Waals surface area contributed by atoms with Gasteiger partial charge in [-0.25, -0.2) is 4.79 Å². The van der Waals surface area contributed by atoms with E-state index >= 15 is 0 Å². The van der Waals surface area contributed by atoms with E-state index in [9.17, 15) is 19.7 Å². The van der Waals surface area contributed by atoms with Gasteiger partial charge in [0.25, 0.3) is 11.6 Å². The topological polar surface area (TPSA) is 112 Å². The molecule has 3 aromatic rings. The maximum Gasteiger partial charge on any atom is 0.374 e. The lowest BCUT2D eigenvalue weighted by Crippen LogP contribution is -2.20. The Bertz CT molecular complexity index is 1010. The number of fused-ring (bicyclic) bond motifs is 1. The Morgan fingerprint density at radius 3 is 2.77 bits per heavy atom. The van der Waals surface area contributed by atoms with Gasteiger partial charge in [0, 0.05) is 28.2 Å². The van der Waals surface area contributed by atoms with Crippen LogP contribution < -0.4 is 5.32 Å². The Kier molecular flexibility index (Phi) is 4.85. The monoisotopic (exact) mass is 374 g/mol. The van der Waals surface area contributed by atoms with Gasteiger partial charge in [-0.2, -0.15) is 0 Å². The van der Waals surface area contributed by atoms with Gasteiger partial charge in [-0.1, -0.05) is 17.7 Å². The zero-order chi connectivity index (χ0) is 18.7. The Labute approximate surface area is 151 Å². The number of esters is 1. The van der Waals surface area contributed by atoms with Crippen LogP contribution in [0.5, 0.6) is 0 Å². The smallest absolute Gasteiger partial charge is 0.374 e. The second-order valence-corrected chi connectivity index (χ2v) is 5.66. The van der Waals surface area contributed by atoms with E-state index in [1.807, 2.05) is 0 Å². The van der Waals surface area contributed by atoms with E-state index < -0.39 is 23.4 Å². The molecule has 0 spiro atoms. The molecule has 0 saturated heterocycles. The maximum atomic E-state index is 12.0. The van der Waals surface area contributed by atoms with Gasteiger partial charge < -0.3 is 14.5 Å². The molecule has 0 aliphatic rings. The third-order valence-corrected chi connectivity index (χ3v) is 3.59. The minimum atomic E-state index is -0.813. The highest BCUT2D eigenvalue weighted by molar-refractivity contribution is 6.31. The lowest BCUT2D eigenvalue weighted by atomic mass is 10.2. The van der Waals surface area contributed by atoms with E-state index in [1.165, 1.54) is 30.3 Å². The van der Waals surface area contributed by atoms with Crippen LogP contribution in [0.1, 0.15) is 10.6 Å². The van der Waals surface area contributed by atoms with Gasteiger partial charge in [-0.05, 0) is 30.3 Å². The van der Waals surface area contributed by atoms with Crippen LogP contribution in [0.3, 0.4) is 0 Å². The van der Waals surface area contributed by atoms with E-state index in [4.69, 9.17) is 20.8 Å². The van der Waals surface area contributed by atoms with Crippen molar-refractivity contribution in [2.75, 3.05) is 11.9 Å². The minimum Gasteiger partial charge on any atom is -0.450 e. The van der Waals surface area contributed by atoms with Gasteiger partial charge in [0.2, 0.25) is 5.76 Å². The van der Waals surface area contributed by atoms with Gasteiger partial charge in [0.1, 0.15) is 5.58 Å². The van der Waals surface area contributed by atoms with E-state index in [0.717, 1.165) is 0 Å². The number of rotatable bonds is 5. The molecule has 9 heteroatoms. The Hall–Kier alpha value is -3.39. The number of amides is 1. The number of nitrogens with zero attached hydrogens (tertiary/aromatic N) is 1. The molecule has 0 saturated carbocycles. The molecule has 1 heterocycles. The van der Waals surface area contributed by atoms with Crippen LogP contribution in [0, 0.1) is 10.1 Å². The summed E-state index contributed by atoms with van der Waals surface area (Å²) in [5.41, 5.74) is 0.516. The summed E-state index contributed by atoms with van der Waals surface area (Å²) in [6, 6.07) is 11.7. The van der Waals surface area contributed by atoms with Crippen molar-refractivity contribution >= 4 is 45.8 Å². The third kappa shape index (κ3) is 3.98. The van der Waals surface area contributed by atoms with Crippen LogP contribution in [-0.2, 0) is 9.53 Å².